The van der Waals surface area contributed by atoms with E-state index in [1.54, 1.807) is 18.2 Å². The van der Waals surface area contributed by atoms with E-state index in [0.717, 1.165) is 23.6 Å². The van der Waals surface area contributed by atoms with Crippen molar-refractivity contribution in [2.75, 3.05) is 20.2 Å². The summed E-state index contributed by atoms with van der Waals surface area (Å²) < 4.78 is 0. The summed E-state index contributed by atoms with van der Waals surface area (Å²) in [6, 6.07) is 16.6. The smallest absolute Gasteiger partial charge is 0.267 e. The summed E-state index contributed by atoms with van der Waals surface area (Å²) >= 11 is 6.04. The molecular weight excluding hydrogens is 458 g/mol. The van der Waals surface area contributed by atoms with Gasteiger partial charge in [-0.25, -0.2) is 0 Å². The summed E-state index contributed by atoms with van der Waals surface area (Å²) in [4.78, 5) is 30.3. The first-order chi connectivity index (χ1) is 16.4. The highest BCUT2D eigenvalue weighted by molar-refractivity contribution is 6.31. The summed E-state index contributed by atoms with van der Waals surface area (Å²) in [5.74, 6) is -0.507. The molecule has 9 heteroatoms. The number of halogens is 1. The SMILES string of the molecule is CO.O=C(N[C@@H](CCc1ccccc1)CC(=O)N1C[C@@H](O)[C@@H](O)C1)c1cc2cc(Cl)ccc2[nH]1. The van der Waals surface area contributed by atoms with Crippen LogP contribution in [0.1, 0.15) is 28.9 Å². The van der Waals surface area contributed by atoms with E-state index in [0.29, 0.717) is 23.6 Å². The van der Waals surface area contributed by atoms with Crippen LogP contribution in [0.5, 0.6) is 0 Å². The molecule has 2 aromatic carbocycles. The van der Waals surface area contributed by atoms with E-state index in [-0.39, 0.29) is 31.3 Å². The van der Waals surface area contributed by atoms with Gasteiger partial charge in [-0.05, 0) is 42.7 Å². The van der Waals surface area contributed by atoms with E-state index in [9.17, 15) is 19.8 Å². The maximum Gasteiger partial charge on any atom is 0.267 e. The van der Waals surface area contributed by atoms with E-state index < -0.39 is 18.2 Å². The maximum atomic E-state index is 12.9. The molecule has 0 aliphatic carbocycles. The van der Waals surface area contributed by atoms with Gasteiger partial charge in [0, 0.05) is 48.6 Å². The first-order valence-electron chi connectivity index (χ1n) is 11.1. The predicted molar refractivity (Wildman–Crippen MR) is 131 cm³/mol. The van der Waals surface area contributed by atoms with Crippen molar-refractivity contribution in [2.24, 2.45) is 0 Å². The highest BCUT2D eigenvalue weighted by atomic mass is 35.5. The third-order valence-corrected chi connectivity index (χ3v) is 6.05. The molecule has 0 unspecified atom stereocenters. The molecule has 5 N–H and O–H groups in total. The number of nitrogens with one attached hydrogen (secondary N) is 2. The Balaban J connectivity index is 0.00000158. The topological polar surface area (TPSA) is 126 Å². The molecule has 3 aromatic rings. The third kappa shape index (κ3) is 6.57. The van der Waals surface area contributed by atoms with Crippen molar-refractivity contribution in [3.63, 3.8) is 0 Å². The number of rotatable bonds is 7. The fourth-order valence-corrected chi connectivity index (χ4v) is 4.19. The van der Waals surface area contributed by atoms with E-state index in [1.165, 1.54) is 4.90 Å². The highest BCUT2D eigenvalue weighted by Gasteiger charge is 2.33. The van der Waals surface area contributed by atoms with Crippen molar-refractivity contribution in [1.82, 2.24) is 15.2 Å². The van der Waals surface area contributed by atoms with Crippen LogP contribution in [-0.2, 0) is 11.2 Å². The lowest BCUT2D eigenvalue weighted by Gasteiger charge is -2.22. The lowest BCUT2D eigenvalue weighted by Crippen LogP contribution is -2.41. The van der Waals surface area contributed by atoms with Crippen molar-refractivity contribution in [2.45, 2.75) is 37.5 Å². The molecule has 2 amide bonds. The minimum Gasteiger partial charge on any atom is -0.400 e. The number of aromatic nitrogens is 1. The van der Waals surface area contributed by atoms with Gasteiger partial charge in [-0.3, -0.25) is 9.59 Å². The van der Waals surface area contributed by atoms with Crippen molar-refractivity contribution < 1.29 is 24.9 Å². The van der Waals surface area contributed by atoms with Gasteiger partial charge in [0.15, 0.2) is 0 Å². The number of aliphatic hydroxyl groups excluding tert-OH is 3. The van der Waals surface area contributed by atoms with E-state index >= 15 is 0 Å². The molecule has 1 aliphatic rings. The molecule has 2 heterocycles. The van der Waals surface area contributed by atoms with Gasteiger partial charge in [-0.2, -0.15) is 0 Å². The number of carbonyl (C=O) groups is 2. The van der Waals surface area contributed by atoms with Gasteiger partial charge in [0.25, 0.3) is 5.91 Å². The first kappa shape index (κ1) is 25.7. The number of hydrogen-bond donors (Lipinski definition) is 5. The minimum atomic E-state index is -0.936. The maximum absolute atomic E-state index is 12.9. The number of aromatic amines is 1. The molecule has 182 valence electrons. The van der Waals surface area contributed by atoms with Crippen LogP contribution in [0.15, 0.2) is 54.6 Å². The number of β-amino-alcohol motifs (C(OH)–C–C–N with tert-alkyl or cyclic N) is 2. The molecule has 34 heavy (non-hydrogen) atoms. The number of benzene rings is 2. The molecule has 0 spiro atoms. The van der Waals surface area contributed by atoms with Gasteiger partial charge >= 0.3 is 0 Å². The molecule has 3 atom stereocenters. The summed E-state index contributed by atoms with van der Waals surface area (Å²) in [6.07, 6.45) is -0.507. The van der Waals surface area contributed by atoms with Crippen molar-refractivity contribution in [1.29, 1.82) is 0 Å². The number of aryl methyl sites for hydroxylation is 1. The number of amides is 2. The first-order valence-corrected chi connectivity index (χ1v) is 11.5. The Morgan fingerprint density at radius 3 is 2.44 bits per heavy atom. The van der Waals surface area contributed by atoms with Gasteiger partial charge < -0.3 is 30.5 Å². The summed E-state index contributed by atoms with van der Waals surface area (Å²) in [5.41, 5.74) is 2.31. The number of H-pyrrole nitrogens is 1. The van der Waals surface area contributed by atoms with Crippen molar-refractivity contribution >= 4 is 34.3 Å². The Morgan fingerprint density at radius 1 is 1.09 bits per heavy atom. The normalized spacial score (nSPS) is 18.3. The Labute approximate surface area is 203 Å². The average Bonchev–Trinajstić information content (AvgIpc) is 3.42. The fourth-order valence-electron chi connectivity index (χ4n) is 4.01. The number of aliphatic hydroxyl groups is 3. The van der Waals surface area contributed by atoms with E-state index in [2.05, 4.69) is 10.3 Å². The number of fused-ring (bicyclic) bond motifs is 1. The van der Waals surface area contributed by atoms with Gasteiger partial charge in [0.2, 0.25) is 5.91 Å². The summed E-state index contributed by atoms with van der Waals surface area (Å²) in [7, 11) is 1.00. The average molecular weight is 488 g/mol. The Bertz CT molecular complexity index is 1090. The molecular formula is C25H30ClN3O5. The number of carbonyl (C=O) groups excluding carboxylic acids is 2. The largest absolute Gasteiger partial charge is 0.400 e. The van der Waals surface area contributed by atoms with Crippen LogP contribution in [0.4, 0.5) is 0 Å². The zero-order valence-corrected chi connectivity index (χ0v) is 19.7. The monoisotopic (exact) mass is 487 g/mol. The molecule has 1 aliphatic heterocycles. The second kappa shape index (κ2) is 12.0. The van der Waals surface area contributed by atoms with Crippen LogP contribution in [-0.4, -0.2) is 75.5 Å². The van der Waals surface area contributed by atoms with Crippen LogP contribution < -0.4 is 5.32 Å². The summed E-state index contributed by atoms with van der Waals surface area (Å²) in [6.45, 7) is 0.199. The Kier molecular flexibility index (Phi) is 9.06. The second-order valence-corrected chi connectivity index (χ2v) is 8.68. The number of likely N-dealkylation sites (tertiary alicyclic amines) is 1. The lowest BCUT2D eigenvalue weighted by atomic mass is 10.0. The standard InChI is InChI=1S/C24H26ClN3O4.CH4O/c25-17-7-9-19-16(10-17)11-20(27-19)24(32)26-18(8-6-15-4-2-1-3-5-15)12-23(31)28-13-21(29)22(30)14-28;1-2/h1-5,7,9-11,18,21-22,27,29-30H,6,8,12-14H2,(H,26,32);2H,1H3/t18-,21-,22+;/m0./s1. The highest BCUT2D eigenvalue weighted by Crippen LogP contribution is 2.21. The second-order valence-electron chi connectivity index (χ2n) is 8.25. The molecule has 4 rings (SSSR count). The lowest BCUT2D eigenvalue weighted by molar-refractivity contribution is -0.131. The molecule has 0 bridgehead atoms. The quantitative estimate of drug-likeness (QED) is 0.349. The van der Waals surface area contributed by atoms with Crippen LogP contribution in [0.3, 0.4) is 0 Å². The molecule has 0 saturated carbocycles. The van der Waals surface area contributed by atoms with E-state index in [4.69, 9.17) is 16.7 Å². The minimum absolute atomic E-state index is 0.0874. The Morgan fingerprint density at radius 2 is 1.76 bits per heavy atom. The van der Waals surface area contributed by atoms with E-state index in [1.807, 2.05) is 36.4 Å². The Hall–Kier alpha value is -2.91. The van der Waals surface area contributed by atoms with Crippen LogP contribution in [0.2, 0.25) is 5.02 Å². The van der Waals surface area contributed by atoms with Gasteiger partial charge in [0.05, 0.1) is 12.2 Å². The van der Waals surface area contributed by atoms with Crippen LogP contribution >= 0.6 is 11.6 Å². The zero-order valence-electron chi connectivity index (χ0n) is 18.9. The zero-order chi connectivity index (χ0) is 24.7. The predicted octanol–water partition coefficient (Wildman–Crippen LogP) is 2.12. The van der Waals surface area contributed by atoms with Gasteiger partial charge in [-0.15, -0.1) is 0 Å². The summed E-state index contributed by atoms with van der Waals surface area (Å²) in [5, 5.41) is 30.9. The van der Waals surface area contributed by atoms with Crippen LogP contribution in [0.25, 0.3) is 10.9 Å². The molecule has 1 saturated heterocycles. The fraction of sp³-hybridized carbons (Fsp3) is 0.360. The number of hydrogen-bond acceptors (Lipinski definition) is 5. The molecule has 0 radical (unpaired) electrons. The van der Waals surface area contributed by atoms with Gasteiger partial charge in [-0.1, -0.05) is 41.9 Å². The van der Waals surface area contributed by atoms with Crippen molar-refractivity contribution in [3.05, 3.63) is 70.9 Å². The molecule has 8 nitrogen and oxygen atoms in total. The third-order valence-electron chi connectivity index (χ3n) is 5.82. The van der Waals surface area contributed by atoms with Gasteiger partial charge in [0.1, 0.15) is 5.69 Å². The molecule has 1 fully saturated rings. The molecule has 1 aromatic heterocycles. The van der Waals surface area contributed by atoms with Crippen molar-refractivity contribution in [3.8, 4) is 0 Å². The van der Waals surface area contributed by atoms with Crippen LogP contribution in [0, 0.1) is 0 Å². The number of nitrogens with zero attached hydrogens (tertiary/aromatic N) is 1.